The summed E-state index contributed by atoms with van der Waals surface area (Å²) in [5.41, 5.74) is 5.42. The Hall–Kier alpha value is -0.160. The Balaban J connectivity index is 3.86. The molecule has 0 spiro atoms. The first-order valence-electron chi connectivity index (χ1n) is 4.34. The highest BCUT2D eigenvalue weighted by molar-refractivity contribution is 4.62. The molecule has 3 N–H and O–H groups in total. The molecule has 74 valence electrons. The molecule has 0 fully saturated rings. The first-order chi connectivity index (χ1) is 5.79. The van der Waals surface area contributed by atoms with Crippen LogP contribution in [0.4, 0.5) is 0 Å². The lowest BCUT2D eigenvalue weighted by Crippen LogP contribution is -2.35. The van der Waals surface area contributed by atoms with Gasteiger partial charge in [-0.3, -0.25) is 0 Å². The molecule has 0 aromatic rings. The van der Waals surface area contributed by atoms with Gasteiger partial charge in [-0.1, -0.05) is 0 Å². The number of hydrogen-bond donors (Lipinski definition) is 2. The fourth-order valence-electron chi connectivity index (χ4n) is 0.921. The van der Waals surface area contributed by atoms with E-state index < -0.39 is 0 Å². The quantitative estimate of drug-likeness (QED) is 0.535. The predicted octanol–water partition coefficient (Wildman–Crippen LogP) is -0.0473. The molecule has 1 unspecified atom stereocenters. The van der Waals surface area contributed by atoms with Crippen molar-refractivity contribution in [2.45, 2.75) is 20.1 Å². The van der Waals surface area contributed by atoms with Crippen molar-refractivity contribution in [2.75, 3.05) is 26.4 Å². The Kier molecular flexibility index (Phi) is 7.39. The average Bonchev–Trinajstić information content (AvgIpc) is 2.07. The minimum absolute atomic E-state index is 0.00116. The largest absolute Gasteiger partial charge is 0.396 e. The van der Waals surface area contributed by atoms with Crippen LogP contribution in [-0.2, 0) is 9.47 Å². The van der Waals surface area contributed by atoms with Gasteiger partial charge in [0.1, 0.15) is 0 Å². The monoisotopic (exact) mass is 177 g/mol. The maximum absolute atomic E-state index is 8.91. The Labute approximate surface area is 73.7 Å². The van der Waals surface area contributed by atoms with E-state index in [4.69, 9.17) is 20.3 Å². The summed E-state index contributed by atoms with van der Waals surface area (Å²) in [5.74, 6) is -0.120. The van der Waals surface area contributed by atoms with Crippen molar-refractivity contribution in [3.8, 4) is 0 Å². The summed E-state index contributed by atoms with van der Waals surface area (Å²) in [5, 5.41) is 8.91. The van der Waals surface area contributed by atoms with Crippen molar-refractivity contribution in [3.05, 3.63) is 0 Å². The van der Waals surface area contributed by atoms with E-state index in [0.29, 0.717) is 19.8 Å². The van der Waals surface area contributed by atoms with E-state index in [1.54, 1.807) is 0 Å². The number of aliphatic hydroxyl groups excluding tert-OH is 1. The summed E-state index contributed by atoms with van der Waals surface area (Å²) >= 11 is 0. The zero-order chi connectivity index (χ0) is 9.40. The molecule has 1 atom stereocenters. The van der Waals surface area contributed by atoms with E-state index in [9.17, 15) is 0 Å². The summed E-state index contributed by atoms with van der Waals surface area (Å²) < 4.78 is 10.5. The second-order valence-corrected chi connectivity index (χ2v) is 2.46. The SMILES string of the molecule is CCOC(OCC)C(CN)CO. The Bertz CT molecular complexity index is 90.3. The van der Waals surface area contributed by atoms with E-state index in [-0.39, 0.29) is 18.8 Å². The van der Waals surface area contributed by atoms with Crippen molar-refractivity contribution < 1.29 is 14.6 Å². The second kappa shape index (κ2) is 7.49. The Morgan fingerprint density at radius 3 is 2.00 bits per heavy atom. The van der Waals surface area contributed by atoms with Gasteiger partial charge in [-0.05, 0) is 13.8 Å². The van der Waals surface area contributed by atoms with Crippen molar-refractivity contribution in [3.63, 3.8) is 0 Å². The van der Waals surface area contributed by atoms with Gasteiger partial charge in [0.25, 0.3) is 0 Å². The molecule has 0 aliphatic heterocycles. The highest BCUT2D eigenvalue weighted by Gasteiger charge is 2.19. The molecule has 4 heteroatoms. The first-order valence-corrected chi connectivity index (χ1v) is 4.34. The molecule has 0 aromatic carbocycles. The fourth-order valence-corrected chi connectivity index (χ4v) is 0.921. The van der Waals surface area contributed by atoms with Crippen LogP contribution in [0.2, 0.25) is 0 Å². The van der Waals surface area contributed by atoms with E-state index >= 15 is 0 Å². The number of hydrogen-bond acceptors (Lipinski definition) is 4. The van der Waals surface area contributed by atoms with Gasteiger partial charge in [0.15, 0.2) is 6.29 Å². The Morgan fingerprint density at radius 1 is 1.25 bits per heavy atom. The normalized spacial score (nSPS) is 13.8. The van der Waals surface area contributed by atoms with Crippen molar-refractivity contribution >= 4 is 0 Å². The summed E-state index contributed by atoms with van der Waals surface area (Å²) in [6.45, 7) is 5.29. The summed E-state index contributed by atoms with van der Waals surface area (Å²) in [7, 11) is 0. The van der Waals surface area contributed by atoms with Crippen LogP contribution in [0.5, 0.6) is 0 Å². The molecule has 0 saturated heterocycles. The van der Waals surface area contributed by atoms with E-state index in [1.165, 1.54) is 0 Å². The van der Waals surface area contributed by atoms with E-state index in [2.05, 4.69) is 0 Å². The van der Waals surface area contributed by atoms with Gasteiger partial charge < -0.3 is 20.3 Å². The van der Waals surface area contributed by atoms with Crippen LogP contribution in [-0.4, -0.2) is 37.8 Å². The maximum Gasteiger partial charge on any atom is 0.163 e. The molecule has 0 aromatic heterocycles. The van der Waals surface area contributed by atoms with Crippen molar-refractivity contribution in [2.24, 2.45) is 11.7 Å². The molecule has 0 radical (unpaired) electrons. The van der Waals surface area contributed by atoms with Crippen molar-refractivity contribution in [1.82, 2.24) is 0 Å². The summed E-state index contributed by atoms with van der Waals surface area (Å²) in [6, 6.07) is 0. The molecule has 0 saturated carbocycles. The number of ether oxygens (including phenoxy) is 2. The topological polar surface area (TPSA) is 64.7 Å². The predicted molar refractivity (Wildman–Crippen MR) is 46.7 cm³/mol. The number of rotatable bonds is 7. The molecule has 0 bridgehead atoms. The molecule has 0 rings (SSSR count). The fraction of sp³-hybridized carbons (Fsp3) is 1.00. The average molecular weight is 177 g/mol. The van der Waals surface area contributed by atoms with Crippen LogP contribution in [0.3, 0.4) is 0 Å². The summed E-state index contributed by atoms with van der Waals surface area (Å²) in [6.07, 6.45) is -0.366. The van der Waals surface area contributed by atoms with Gasteiger partial charge in [-0.2, -0.15) is 0 Å². The summed E-state index contributed by atoms with van der Waals surface area (Å²) in [4.78, 5) is 0. The van der Waals surface area contributed by atoms with Crippen LogP contribution in [0.25, 0.3) is 0 Å². The number of nitrogens with two attached hydrogens (primary N) is 1. The molecule has 4 nitrogen and oxygen atoms in total. The van der Waals surface area contributed by atoms with Crippen LogP contribution in [0.15, 0.2) is 0 Å². The zero-order valence-electron chi connectivity index (χ0n) is 7.82. The highest BCUT2D eigenvalue weighted by atomic mass is 16.7. The van der Waals surface area contributed by atoms with Gasteiger partial charge in [0.05, 0.1) is 6.61 Å². The maximum atomic E-state index is 8.91. The van der Waals surface area contributed by atoms with Crippen LogP contribution < -0.4 is 5.73 Å². The molecule has 0 aliphatic rings. The first kappa shape index (κ1) is 11.8. The minimum Gasteiger partial charge on any atom is -0.396 e. The molecule has 12 heavy (non-hydrogen) atoms. The lowest BCUT2D eigenvalue weighted by Gasteiger charge is -2.23. The molecule has 0 aliphatic carbocycles. The highest BCUT2D eigenvalue weighted by Crippen LogP contribution is 2.07. The molecular formula is C8H19NO3. The van der Waals surface area contributed by atoms with Gasteiger partial charge in [0, 0.05) is 25.7 Å². The number of aliphatic hydroxyl groups is 1. The van der Waals surface area contributed by atoms with Crippen LogP contribution in [0, 0.1) is 5.92 Å². The molecule has 0 heterocycles. The zero-order valence-corrected chi connectivity index (χ0v) is 7.82. The van der Waals surface area contributed by atoms with E-state index in [0.717, 1.165) is 0 Å². The lowest BCUT2D eigenvalue weighted by atomic mass is 10.1. The second-order valence-electron chi connectivity index (χ2n) is 2.46. The third kappa shape index (κ3) is 4.01. The van der Waals surface area contributed by atoms with Crippen molar-refractivity contribution in [1.29, 1.82) is 0 Å². The minimum atomic E-state index is -0.366. The van der Waals surface area contributed by atoms with Gasteiger partial charge in [-0.15, -0.1) is 0 Å². The molecule has 0 amide bonds. The van der Waals surface area contributed by atoms with Crippen LogP contribution >= 0.6 is 0 Å². The van der Waals surface area contributed by atoms with Gasteiger partial charge in [-0.25, -0.2) is 0 Å². The third-order valence-electron chi connectivity index (χ3n) is 1.58. The van der Waals surface area contributed by atoms with Gasteiger partial charge >= 0.3 is 0 Å². The van der Waals surface area contributed by atoms with Gasteiger partial charge in [0.2, 0.25) is 0 Å². The smallest absolute Gasteiger partial charge is 0.163 e. The van der Waals surface area contributed by atoms with Crippen LogP contribution in [0.1, 0.15) is 13.8 Å². The standard InChI is InChI=1S/C8H19NO3/c1-3-11-8(12-4-2)7(5-9)6-10/h7-8,10H,3-6,9H2,1-2H3. The molecular weight excluding hydrogens is 158 g/mol. The third-order valence-corrected chi connectivity index (χ3v) is 1.58. The lowest BCUT2D eigenvalue weighted by molar-refractivity contribution is -0.171. The van der Waals surface area contributed by atoms with E-state index in [1.807, 2.05) is 13.8 Å². The Morgan fingerprint density at radius 2 is 1.75 bits per heavy atom.